The molecule has 1 amide bonds. The van der Waals surface area contributed by atoms with E-state index < -0.39 is 5.91 Å². The maximum absolute atomic E-state index is 11.8. The molecule has 0 fully saturated rings. The predicted molar refractivity (Wildman–Crippen MR) is 63.3 cm³/mol. The zero-order valence-corrected chi connectivity index (χ0v) is 10.2. The minimum absolute atomic E-state index is 0.0295. The van der Waals surface area contributed by atoms with E-state index in [-0.39, 0.29) is 22.9 Å². The van der Waals surface area contributed by atoms with Gasteiger partial charge >= 0.3 is 0 Å². The Labute approximate surface area is 108 Å². The zero-order chi connectivity index (χ0) is 13.1. The van der Waals surface area contributed by atoms with E-state index in [9.17, 15) is 9.90 Å². The highest BCUT2D eigenvalue weighted by atomic mass is 35.5. The monoisotopic (exact) mass is 267 g/mol. The van der Waals surface area contributed by atoms with Crippen molar-refractivity contribution in [2.24, 2.45) is 0 Å². The summed E-state index contributed by atoms with van der Waals surface area (Å²) >= 11 is 5.85. The second kappa shape index (κ2) is 5.05. The van der Waals surface area contributed by atoms with Crippen molar-refractivity contribution in [3.63, 3.8) is 0 Å². The molecule has 0 saturated carbocycles. The van der Waals surface area contributed by atoms with Crippen molar-refractivity contribution in [3.8, 4) is 5.75 Å². The quantitative estimate of drug-likeness (QED) is 0.883. The van der Waals surface area contributed by atoms with E-state index in [0.717, 1.165) is 0 Å². The van der Waals surface area contributed by atoms with Crippen molar-refractivity contribution in [1.82, 2.24) is 15.5 Å². The summed E-state index contributed by atoms with van der Waals surface area (Å²) in [7, 11) is 0. The first kappa shape index (κ1) is 12.4. The number of hydrogen-bond acceptors (Lipinski definition) is 5. The molecule has 0 aliphatic heterocycles. The maximum Gasteiger partial charge on any atom is 0.253 e. The maximum atomic E-state index is 11.8. The molecule has 94 valence electrons. The van der Waals surface area contributed by atoms with Gasteiger partial charge < -0.3 is 14.9 Å². The number of hydrogen-bond donors (Lipinski definition) is 2. The smallest absolute Gasteiger partial charge is 0.253 e. The summed E-state index contributed by atoms with van der Waals surface area (Å²) in [6, 6.07) is 4.14. The third-order valence-corrected chi connectivity index (χ3v) is 2.49. The Balaban J connectivity index is 2.05. The van der Waals surface area contributed by atoms with E-state index in [2.05, 4.69) is 15.5 Å². The SMILES string of the molecule is Cc1noc(CNC(=O)c2cc(O)ccc2Cl)n1. The summed E-state index contributed by atoms with van der Waals surface area (Å²) in [5.74, 6) is 0.344. The largest absolute Gasteiger partial charge is 0.508 e. The van der Waals surface area contributed by atoms with Gasteiger partial charge in [-0.05, 0) is 25.1 Å². The second-order valence-corrected chi connectivity index (χ2v) is 3.99. The lowest BCUT2D eigenvalue weighted by Gasteiger charge is -2.04. The molecule has 0 aliphatic rings. The van der Waals surface area contributed by atoms with Gasteiger partial charge in [0, 0.05) is 0 Å². The minimum atomic E-state index is -0.424. The molecule has 18 heavy (non-hydrogen) atoms. The molecule has 2 N–H and O–H groups in total. The van der Waals surface area contributed by atoms with Crippen LogP contribution < -0.4 is 5.32 Å². The highest BCUT2D eigenvalue weighted by molar-refractivity contribution is 6.33. The number of aryl methyl sites for hydroxylation is 1. The Morgan fingerprint density at radius 1 is 1.56 bits per heavy atom. The van der Waals surface area contributed by atoms with Crippen LogP contribution in [0.2, 0.25) is 5.02 Å². The molecule has 0 spiro atoms. The fourth-order valence-electron chi connectivity index (χ4n) is 1.35. The van der Waals surface area contributed by atoms with E-state index in [1.807, 2.05) is 0 Å². The number of phenolic OH excluding ortho intramolecular Hbond substituents is 1. The van der Waals surface area contributed by atoms with Crippen LogP contribution in [0.3, 0.4) is 0 Å². The van der Waals surface area contributed by atoms with Crippen molar-refractivity contribution in [2.75, 3.05) is 0 Å². The molecular weight excluding hydrogens is 258 g/mol. The third-order valence-electron chi connectivity index (χ3n) is 2.16. The van der Waals surface area contributed by atoms with Gasteiger partial charge in [0.25, 0.3) is 5.91 Å². The van der Waals surface area contributed by atoms with Gasteiger partial charge in [0.05, 0.1) is 17.1 Å². The normalized spacial score (nSPS) is 10.3. The lowest BCUT2D eigenvalue weighted by molar-refractivity contribution is 0.0946. The first-order chi connectivity index (χ1) is 8.56. The van der Waals surface area contributed by atoms with Crippen LogP contribution in [-0.2, 0) is 6.54 Å². The van der Waals surface area contributed by atoms with Crippen molar-refractivity contribution >= 4 is 17.5 Å². The van der Waals surface area contributed by atoms with Crippen molar-refractivity contribution < 1.29 is 14.4 Å². The Morgan fingerprint density at radius 3 is 3.00 bits per heavy atom. The fraction of sp³-hybridized carbons (Fsp3) is 0.182. The number of nitrogens with one attached hydrogen (secondary N) is 1. The average Bonchev–Trinajstić information content (AvgIpc) is 2.75. The zero-order valence-electron chi connectivity index (χ0n) is 9.48. The number of nitrogens with zero attached hydrogens (tertiary/aromatic N) is 2. The standard InChI is InChI=1S/C11H10ClN3O3/c1-6-14-10(18-15-6)5-13-11(17)8-4-7(16)2-3-9(8)12/h2-4,16H,5H2,1H3,(H,13,17). The van der Waals surface area contributed by atoms with Gasteiger partial charge in [0.15, 0.2) is 5.82 Å². The molecule has 1 aromatic heterocycles. The summed E-state index contributed by atoms with van der Waals surface area (Å²) in [5, 5.41) is 15.7. The Kier molecular flexibility index (Phi) is 3.47. The fourth-order valence-corrected chi connectivity index (χ4v) is 1.55. The van der Waals surface area contributed by atoms with Crippen LogP contribution in [0.4, 0.5) is 0 Å². The molecule has 2 rings (SSSR count). The molecule has 0 aliphatic carbocycles. The lowest BCUT2D eigenvalue weighted by Crippen LogP contribution is -2.23. The van der Waals surface area contributed by atoms with Crippen molar-refractivity contribution in [2.45, 2.75) is 13.5 Å². The van der Waals surface area contributed by atoms with Gasteiger partial charge in [-0.1, -0.05) is 16.8 Å². The molecule has 7 heteroatoms. The summed E-state index contributed by atoms with van der Waals surface area (Å²) in [6.07, 6.45) is 0. The van der Waals surface area contributed by atoms with Gasteiger partial charge in [-0.2, -0.15) is 4.98 Å². The number of carbonyl (C=O) groups is 1. The number of aromatic nitrogens is 2. The van der Waals surface area contributed by atoms with Gasteiger partial charge in [-0.25, -0.2) is 0 Å². The molecular formula is C11H10ClN3O3. The average molecular weight is 268 g/mol. The van der Waals surface area contributed by atoms with E-state index in [4.69, 9.17) is 16.1 Å². The number of phenols is 1. The van der Waals surface area contributed by atoms with Gasteiger partial charge in [0.2, 0.25) is 5.89 Å². The van der Waals surface area contributed by atoms with Crippen LogP contribution in [0.5, 0.6) is 5.75 Å². The molecule has 0 unspecified atom stereocenters. The number of carbonyl (C=O) groups excluding carboxylic acids is 1. The number of benzene rings is 1. The highest BCUT2D eigenvalue weighted by Gasteiger charge is 2.12. The minimum Gasteiger partial charge on any atom is -0.508 e. The van der Waals surface area contributed by atoms with Crippen LogP contribution in [0, 0.1) is 6.92 Å². The summed E-state index contributed by atoms with van der Waals surface area (Å²) in [5.41, 5.74) is 0.188. The van der Waals surface area contributed by atoms with Crippen molar-refractivity contribution in [3.05, 3.63) is 40.5 Å². The van der Waals surface area contributed by atoms with Crippen molar-refractivity contribution in [1.29, 1.82) is 0 Å². The Hall–Kier alpha value is -2.08. The van der Waals surface area contributed by atoms with Crippen LogP contribution in [-0.4, -0.2) is 21.2 Å². The number of halogens is 1. The number of amides is 1. The molecule has 2 aromatic rings. The van der Waals surface area contributed by atoms with E-state index in [1.165, 1.54) is 18.2 Å². The van der Waals surface area contributed by atoms with Crippen LogP contribution >= 0.6 is 11.6 Å². The van der Waals surface area contributed by atoms with E-state index in [0.29, 0.717) is 11.7 Å². The van der Waals surface area contributed by atoms with E-state index >= 15 is 0 Å². The van der Waals surface area contributed by atoms with Gasteiger partial charge in [-0.15, -0.1) is 0 Å². The highest BCUT2D eigenvalue weighted by Crippen LogP contribution is 2.20. The first-order valence-electron chi connectivity index (χ1n) is 5.12. The number of rotatable bonds is 3. The van der Waals surface area contributed by atoms with Gasteiger partial charge in [0.1, 0.15) is 5.75 Å². The Morgan fingerprint density at radius 2 is 2.33 bits per heavy atom. The topological polar surface area (TPSA) is 88.2 Å². The van der Waals surface area contributed by atoms with E-state index in [1.54, 1.807) is 6.92 Å². The lowest BCUT2D eigenvalue weighted by atomic mass is 10.2. The first-order valence-corrected chi connectivity index (χ1v) is 5.50. The third kappa shape index (κ3) is 2.78. The molecule has 6 nitrogen and oxygen atoms in total. The molecule has 0 saturated heterocycles. The second-order valence-electron chi connectivity index (χ2n) is 3.58. The summed E-state index contributed by atoms with van der Waals surface area (Å²) in [6.45, 7) is 1.78. The number of aromatic hydroxyl groups is 1. The van der Waals surface area contributed by atoms with Crippen LogP contribution in [0.1, 0.15) is 22.1 Å². The predicted octanol–water partition coefficient (Wildman–Crippen LogP) is 1.67. The summed E-state index contributed by atoms with van der Waals surface area (Å²) < 4.78 is 4.85. The molecule has 0 atom stereocenters. The molecule has 1 aromatic carbocycles. The molecule has 0 radical (unpaired) electrons. The van der Waals surface area contributed by atoms with Gasteiger partial charge in [-0.3, -0.25) is 4.79 Å². The van der Waals surface area contributed by atoms with Crippen LogP contribution in [0.25, 0.3) is 0 Å². The Bertz CT molecular complexity index is 583. The molecule has 1 heterocycles. The summed E-state index contributed by atoms with van der Waals surface area (Å²) in [4.78, 5) is 15.7. The molecule has 0 bridgehead atoms. The van der Waals surface area contributed by atoms with Crippen LogP contribution in [0.15, 0.2) is 22.7 Å².